The molecule has 1 atom stereocenters. The fourth-order valence-corrected chi connectivity index (χ4v) is 4.51. The van der Waals surface area contributed by atoms with Gasteiger partial charge in [-0.2, -0.15) is 0 Å². The molecule has 1 aliphatic carbocycles. The third kappa shape index (κ3) is 3.51. The molecule has 0 radical (unpaired) electrons. The molecule has 5 rings (SSSR count). The van der Waals surface area contributed by atoms with Crippen molar-refractivity contribution in [3.8, 4) is 0 Å². The summed E-state index contributed by atoms with van der Waals surface area (Å²) in [5, 5.41) is 0. The van der Waals surface area contributed by atoms with E-state index in [1.165, 1.54) is 0 Å². The maximum absolute atomic E-state index is 13.1. The van der Waals surface area contributed by atoms with E-state index in [0.29, 0.717) is 48.7 Å². The van der Waals surface area contributed by atoms with Gasteiger partial charge >= 0.3 is 0 Å². The molecule has 0 unspecified atom stereocenters. The fourth-order valence-electron chi connectivity index (χ4n) is 4.51. The summed E-state index contributed by atoms with van der Waals surface area (Å²) in [7, 11) is 0. The van der Waals surface area contributed by atoms with Crippen LogP contribution in [0.2, 0.25) is 0 Å². The first kappa shape index (κ1) is 19.0. The normalized spacial score (nSPS) is 21.3. The van der Waals surface area contributed by atoms with Gasteiger partial charge in [0.25, 0.3) is 11.5 Å². The first-order valence-corrected chi connectivity index (χ1v) is 10.7. The summed E-state index contributed by atoms with van der Waals surface area (Å²) < 4.78 is 0. The second kappa shape index (κ2) is 7.66. The van der Waals surface area contributed by atoms with Crippen molar-refractivity contribution in [2.75, 3.05) is 13.1 Å². The first-order chi connectivity index (χ1) is 14.6. The van der Waals surface area contributed by atoms with Crippen molar-refractivity contribution < 1.29 is 9.59 Å². The summed E-state index contributed by atoms with van der Waals surface area (Å²) >= 11 is 0. The number of hydrogen-bond donors (Lipinski definition) is 1. The zero-order valence-electron chi connectivity index (χ0n) is 16.8. The van der Waals surface area contributed by atoms with Gasteiger partial charge in [0.15, 0.2) is 0 Å². The number of hydrogen-bond acceptors (Lipinski definition) is 5. The minimum atomic E-state index is -0.279. The zero-order valence-corrected chi connectivity index (χ0v) is 16.8. The van der Waals surface area contributed by atoms with Gasteiger partial charge in [-0.05, 0) is 50.7 Å². The van der Waals surface area contributed by atoms with Crippen LogP contribution in [0.3, 0.4) is 0 Å². The van der Waals surface area contributed by atoms with Crippen LogP contribution >= 0.6 is 0 Å². The molecule has 8 heteroatoms. The number of H-pyrrole nitrogens is 1. The Morgan fingerprint density at radius 3 is 2.77 bits per heavy atom. The van der Waals surface area contributed by atoms with Gasteiger partial charge < -0.3 is 14.8 Å². The summed E-state index contributed by atoms with van der Waals surface area (Å²) in [5.41, 5.74) is 1.73. The molecular formula is C22H25N5O3. The molecule has 8 nitrogen and oxygen atoms in total. The van der Waals surface area contributed by atoms with E-state index in [1.807, 2.05) is 4.90 Å². The van der Waals surface area contributed by atoms with Crippen LogP contribution in [0.1, 0.15) is 65.6 Å². The van der Waals surface area contributed by atoms with E-state index in [1.54, 1.807) is 29.4 Å². The van der Waals surface area contributed by atoms with Crippen molar-refractivity contribution >= 4 is 11.8 Å². The van der Waals surface area contributed by atoms with Crippen molar-refractivity contribution in [2.45, 2.75) is 51.1 Å². The Labute approximate surface area is 174 Å². The number of nitrogens with one attached hydrogen (secondary N) is 1. The Bertz CT molecular complexity index is 1030. The number of carbonyl (C=O) groups excluding carboxylic acids is 2. The number of piperidine rings is 1. The first-order valence-electron chi connectivity index (χ1n) is 10.7. The van der Waals surface area contributed by atoms with Crippen LogP contribution in [0.5, 0.6) is 0 Å². The maximum atomic E-state index is 13.1. The van der Waals surface area contributed by atoms with Crippen molar-refractivity contribution in [2.24, 2.45) is 5.92 Å². The summed E-state index contributed by atoms with van der Waals surface area (Å²) in [6, 6.07) is 3.22. The number of fused-ring (bicyclic) bond motifs is 1. The summed E-state index contributed by atoms with van der Waals surface area (Å²) in [6.45, 7) is 1.57. The summed E-state index contributed by atoms with van der Waals surface area (Å²) in [4.78, 5) is 53.8. The lowest BCUT2D eigenvalue weighted by Gasteiger charge is -2.36. The van der Waals surface area contributed by atoms with E-state index < -0.39 is 0 Å². The molecule has 0 bridgehead atoms. The van der Waals surface area contributed by atoms with Crippen LogP contribution in [0.4, 0.5) is 0 Å². The molecule has 1 saturated carbocycles. The number of nitrogens with zero attached hydrogens (tertiary/aromatic N) is 4. The molecule has 2 aromatic heterocycles. The third-order valence-corrected chi connectivity index (χ3v) is 6.32. The number of amides is 2. The number of aromatic amines is 1. The SMILES string of the molecule is O=C(C1CC1)N1CCc2c(nc([C@H]3CCCCN3C(=O)c3cccnc3)[nH]c2=O)C1. The molecular weight excluding hydrogens is 382 g/mol. The van der Waals surface area contributed by atoms with Gasteiger partial charge in [-0.1, -0.05) is 0 Å². The smallest absolute Gasteiger partial charge is 0.256 e. The van der Waals surface area contributed by atoms with Gasteiger partial charge in [0.1, 0.15) is 5.82 Å². The number of likely N-dealkylation sites (tertiary alicyclic amines) is 1. The lowest BCUT2D eigenvalue weighted by Crippen LogP contribution is -2.42. The van der Waals surface area contributed by atoms with E-state index in [4.69, 9.17) is 4.98 Å². The van der Waals surface area contributed by atoms with Gasteiger partial charge in [0.05, 0.1) is 23.8 Å². The van der Waals surface area contributed by atoms with Crippen LogP contribution in [-0.2, 0) is 17.8 Å². The summed E-state index contributed by atoms with van der Waals surface area (Å²) in [6.07, 6.45) is 8.29. The molecule has 2 fully saturated rings. The van der Waals surface area contributed by atoms with Crippen molar-refractivity contribution in [3.63, 3.8) is 0 Å². The Morgan fingerprint density at radius 2 is 2.00 bits per heavy atom. The summed E-state index contributed by atoms with van der Waals surface area (Å²) in [5.74, 6) is 0.754. The second-order valence-electron chi connectivity index (χ2n) is 8.41. The molecule has 0 spiro atoms. The molecule has 4 heterocycles. The predicted molar refractivity (Wildman–Crippen MR) is 109 cm³/mol. The van der Waals surface area contributed by atoms with Crippen molar-refractivity contribution in [1.29, 1.82) is 0 Å². The van der Waals surface area contributed by atoms with Gasteiger partial charge in [-0.25, -0.2) is 4.98 Å². The van der Waals surface area contributed by atoms with Gasteiger partial charge in [0, 0.05) is 37.0 Å². The fraction of sp³-hybridized carbons (Fsp3) is 0.500. The van der Waals surface area contributed by atoms with Crippen molar-refractivity contribution in [3.05, 3.63) is 57.5 Å². The molecule has 2 amide bonds. The van der Waals surface area contributed by atoms with E-state index in [9.17, 15) is 14.4 Å². The number of rotatable bonds is 3. The lowest BCUT2D eigenvalue weighted by molar-refractivity contribution is -0.133. The largest absolute Gasteiger partial charge is 0.336 e. The molecule has 156 valence electrons. The van der Waals surface area contributed by atoms with Crippen LogP contribution in [0.15, 0.2) is 29.3 Å². The topological polar surface area (TPSA) is 99.3 Å². The highest BCUT2D eigenvalue weighted by atomic mass is 16.2. The Balaban J connectivity index is 1.45. The van der Waals surface area contributed by atoms with Gasteiger partial charge in [-0.3, -0.25) is 19.4 Å². The maximum Gasteiger partial charge on any atom is 0.256 e. The monoisotopic (exact) mass is 407 g/mol. The van der Waals surface area contributed by atoms with Crippen LogP contribution in [0, 0.1) is 5.92 Å². The predicted octanol–water partition coefficient (Wildman–Crippen LogP) is 1.83. The molecule has 3 aliphatic rings. The molecule has 1 saturated heterocycles. The van der Waals surface area contributed by atoms with E-state index >= 15 is 0 Å². The Kier molecular flexibility index (Phi) is 4.84. The highest BCUT2D eigenvalue weighted by Gasteiger charge is 2.36. The number of aromatic nitrogens is 3. The Morgan fingerprint density at radius 1 is 1.13 bits per heavy atom. The van der Waals surface area contributed by atoms with Gasteiger partial charge in [0.2, 0.25) is 5.91 Å². The van der Waals surface area contributed by atoms with E-state index in [2.05, 4.69) is 9.97 Å². The molecule has 30 heavy (non-hydrogen) atoms. The van der Waals surface area contributed by atoms with Crippen molar-refractivity contribution in [1.82, 2.24) is 24.8 Å². The zero-order chi connectivity index (χ0) is 20.7. The molecule has 2 aliphatic heterocycles. The average molecular weight is 407 g/mol. The Hall–Kier alpha value is -3.03. The quantitative estimate of drug-likeness (QED) is 0.837. The third-order valence-electron chi connectivity index (χ3n) is 6.32. The average Bonchev–Trinajstić information content (AvgIpc) is 3.64. The van der Waals surface area contributed by atoms with Gasteiger partial charge in [-0.15, -0.1) is 0 Å². The minimum absolute atomic E-state index is 0.0984. The molecule has 2 aromatic rings. The standard InChI is InChI=1S/C22H25N5O3/c28-20-16-8-11-26(21(29)14-6-7-14)13-17(16)24-19(25-20)18-5-1-2-10-27(18)22(30)15-4-3-9-23-12-15/h3-4,9,12,14,18H,1-2,5-8,10-11,13H2,(H,24,25,28)/t18-/m1/s1. The van der Waals surface area contributed by atoms with E-state index in [-0.39, 0.29) is 29.3 Å². The highest BCUT2D eigenvalue weighted by molar-refractivity contribution is 5.94. The van der Waals surface area contributed by atoms with Crippen LogP contribution in [0.25, 0.3) is 0 Å². The second-order valence-corrected chi connectivity index (χ2v) is 8.41. The minimum Gasteiger partial charge on any atom is -0.336 e. The van der Waals surface area contributed by atoms with Crippen LogP contribution < -0.4 is 5.56 Å². The number of carbonyl (C=O) groups is 2. The lowest BCUT2D eigenvalue weighted by atomic mass is 9.99. The van der Waals surface area contributed by atoms with E-state index in [0.717, 1.165) is 32.1 Å². The number of pyridine rings is 1. The van der Waals surface area contributed by atoms with Crippen LogP contribution in [-0.4, -0.2) is 49.7 Å². The highest BCUT2D eigenvalue weighted by Crippen LogP contribution is 2.33. The molecule has 1 N–H and O–H groups in total. The molecule has 0 aromatic carbocycles.